The number of halogens is 1. The van der Waals surface area contributed by atoms with E-state index in [1.165, 1.54) is 50.6 Å². The first-order chi connectivity index (χ1) is 8.75. The number of benzene rings is 1. The number of rotatable bonds is 4. The normalized spacial score (nSPS) is 19.4. The fraction of sp³-hybridized carbons (Fsp3) is 0.625. The van der Waals surface area contributed by atoms with Gasteiger partial charge >= 0.3 is 0 Å². The van der Waals surface area contributed by atoms with Crippen LogP contribution in [0.2, 0.25) is 0 Å². The Bertz CT molecular complexity index is 339. The molecule has 0 heterocycles. The summed E-state index contributed by atoms with van der Waals surface area (Å²) in [6, 6.07) is 9.11. The summed E-state index contributed by atoms with van der Waals surface area (Å²) < 4.78 is 1.15. The third kappa shape index (κ3) is 4.40. The highest BCUT2D eigenvalue weighted by atomic mass is 79.9. The lowest BCUT2D eigenvalue weighted by Crippen LogP contribution is -2.25. The zero-order valence-corrected chi connectivity index (χ0v) is 12.9. The highest BCUT2D eigenvalue weighted by Gasteiger charge is 2.13. The molecule has 0 radical (unpaired) electrons. The molecule has 1 aromatic rings. The molecule has 1 atom stereocenters. The Kier molecular flexibility index (Phi) is 5.71. The second-order valence-corrected chi connectivity index (χ2v) is 6.45. The number of hydrogen-bond acceptors (Lipinski definition) is 1. The molecule has 0 bridgehead atoms. The van der Waals surface area contributed by atoms with Gasteiger partial charge in [-0.1, -0.05) is 53.7 Å². The van der Waals surface area contributed by atoms with Crippen LogP contribution in [0.4, 0.5) is 0 Å². The summed E-state index contributed by atoms with van der Waals surface area (Å²) in [5, 5.41) is 3.70. The van der Waals surface area contributed by atoms with Crippen molar-refractivity contribution >= 4 is 15.9 Å². The minimum atomic E-state index is 0.460. The van der Waals surface area contributed by atoms with Gasteiger partial charge in [0.2, 0.25) is 0 Å². The van der Waals surface area contributed by atoms with Crippen LogP contribution >= 0.6 is 15.9 Å². The van der Waals surface area contributed by atoms with Crippen LogP contribution in [0.15, 0.2) is 28.7 Å². The van der Waals surface area contributed by atoms with E-state index in [1.54, 1.807) is 0 Å². The van der Waals surface area contributed by atoms with Crippen molar-refractivity contribution in [2.24, 2.45) is 5.92 Å². The third-order valence-corrected chi connectivity index (χ3v) is 4.59. The molecule has 2 rings (SSSR count). The molecule has 1 saturated carbocycles. The van der Waals surface area contributed by atoms with E-state index in [-0.39, 0.29) is 0 Å². The molecular weight excluding hydrogens is 286 g/mol. The maximum absolute atomic E-state index is 3.70. The van der Waals surface area contributed by atoms with Crippen molar-refractivity contribution < 1.29 is 0 Å². The van der Waals surface area contributed by atoms with Gasteiger partial charge in [0.25, 0.3) is 0 Å². The van der Waals surface area contributed by atoms with E-state index in [1.807, 2.05) is 0 Å². The molecule has 1 aliphatic rings. The minimum absolute atomic E-state index is 0.460. The first-order valence-electron chi connectivity index (χ1n) is 7.24. The minimum Gasteiger partial charge on any atom is -0.310 e. The zero-order valence-electron chi connectivity index (χ0n) is 11.3. The molecule has 1 unspecified atom stereocenters. The van der Waals surface area contributed by atoms with Gasteiger partial charge in [-0.25, -0.2) is 0 Å². The quantitative estimate of drug-likeness (QED) is 0.766. The van der Waals surface area contributed by atoms with Gasteiger partial charge in [0, 0.05) is 10.5 Å². The molecule has 2 heteroatoms. The summed E-state index contributed by atoms with van der Waals surface area (Å²) in [5.41, 5.74) is 1.38. The Hall–Kier alpha value is -0.340. The Labute approximate surface area is 119 Å². The average Bonchev–Trinajstić information content (AvgIpc) is 2.65. The van der Waals surface area contributed by atoms with Crippen LogP contribution in [0.3, 0.4) is 0 Å². The predicted octanol–water partition coefficient (Wildman–Crippen LogP) is 5.07. The lowest BCUT2D eigenvalue weighted by Gasteiger charge is -2.19. The predicted molar refractivity (Wildman–Crippen MR) is 81.8 cm³/mol. The van der Waals surface area contributed by atoms with E-state index >= 15 is 0 Å². The smallest absolute Gasteiger partial charge is 0.0291 e. The SMILES string of the molecule is CC(NCC1CCCCCC1)c1ccc(Br)cc1. The maximum atomic E-state index is 3.70. The summed E-state index contributed by atoms with van der Waals surface area (Å²) in [6.07, 6.45) is 8.58. The van der Waals surface area contributed by atoms with Gasteiger partial charge in [0.1, 0.15) is 0 Å². The Morgan fingerprint density at radius 2 is 1.72 bits per heavy atom. The number of nitrogens with one attached hydrogen (secondary N) is 1. The van der Waals surface area contributed by atoms with E-state index in [2.05, 4.69) is 52.4 Å². The van der Waals surface area contributed by atoms with Gasteiger partial charge in [-0.15, -0.1) is 0 Å². The van der Waals surface area contributed by atoms with E-state index in [4.69, 9.17) is 0 Å². The second-order valence-electron chi connectivity index (χ2n) is 5.54. The highest BCUT2D eigenvalue weighted by molar-refractivity contribution is 9.10. The van der Waals surface area contributed by atoms with Crippen molar-refractivity contribution in [2.75, 3.05) is 6.54 Å². The Morgan fingerprint density at radius 1 is 1.11 bits per heavy atom. The van der Waals surface area contributed by atoms with E-state index in [9.17, 15) is 0 Å². The summed E-state index contributed by atoms with van der Waals surface area (Å²) in [7, 11) is 0. The molecular formula is C16H24BrN. The van der Waals surface area contributed by atoms with Crippen molar-refractivity contribution in [3.05, 3.63) is 34.3 Å². The van der Waals surface area contributed by atoms with Crippen molar-refractivity contribution in [2.45, 2.75) is 51.5 Å². The summed E-state index contributed by atoms with van der Waals surface area (Å²) in [6.45, 7) is 3.44. The fourth-order valence-electron chi connectivity index (χ4n) is 2.78. The molecule has 100 valence electrons. The Balaban J connectivity index is 1.80. The van der Waals surface area contributed by atoms with Crippen molar-refractivity contribution in [1.29, 1.82) is 0 Å². The van der Waals surface area contributed by atoms with Gasteiger partial charge in [-0.05, 0) is 49.9 Å². The average molecular weight is 310 g/mol. The molecule has 1 nitrogen and oxygen atoms in total. The first-order valence-corrected chi connectivity index (χ1v) is 8.04. The summed E-state index contributed by atoms with van der Waals surface area (Å²) in [5.74, 6) is 0.894. The fourth-order valence-corrected chi connectivity index (χ4v) is 3.05. The van der Waals surface area contributed by atoms with Crippen LogP contribution in [-0.2, 0) is 0 Å². The van der Waals surface area contributed by atoms with Crippen LogP contribution in [0.1, 0.15) is 57.1 Å². The molecule has 1 aliphatic carbocycles. The van der Waals surface area contributed by atoms with Gasteiger partial charge in [-0.2, -0.15) is 0 Å². The zero-order chi connectivity index (χ0) is 12.8. The van der Waals surface area contributed by atoms with Crippen molar-refractivity contribution in [3.63, 3.8) is 0 Å². The lowest BCUT2D eigenvalue weighted by molar-refractivity contribution is 0.403. The van der Waals surface area contributed by atoms with Crippen LogP contribution in [0, 0.1) is 5.92 Å². The van der Waals surface area contributed by atoms with E-state index in [0.29, 0.717) is 6.04 Å². The van der Waals surface area contributed by atoms with Gasteiger partial charge < -0.3 is 5.32 Å². The molecule has 18 heavy (non-hydrogen) atoms. The monoisotopic (exact) mass is 309 g/mol. The Morgan fingerprint density at radius 3 is 2.33 bits per heavy atom. The molecule has 0 amide bonds. The molecule has 1 N–H and O–H groups in total. The maximum Gasteiger partial charge on any atom is 0.0291 e. The van der Waals surface area contributed by atoms with Crippen LogP contribution < -0.4 is 5.32 Å². The van der Waals surface area contributed by atoms with Crippen LogP contribution in [0.25, 0.3) is 0 Å². The van der Waals surface area contributed by atoms with Gasteiger partial charge in [0.15, 0.2) is 0 Å². The summed E-state index contributed by atoms with van der Waals surface area (Å²) in [4.78, 5) is 0. The van der Waals surface area contributed by atoms with Gasteiger partial charge in [0.05, 0.1) is 0 Å². The van der Waals surface area contributed by atoms with Crippen LogP contribution in [-0.4, -0.2) is 6.54 Å². The highest BCUT2D eigenvalue weighted by Crippen LogP contribution is 2.23. The van der Waals surface area contributed by atoms with Crippen molar-refractivity contribution in [3.8, 4) is 0 Å². The van der Waals surface area contributed by atoms with Gasteiger partial charge in [-0.3, -0.25) is 0 Å². The third-order valence-electron chi connectivity index (χ3n) is 4.06. The molecule has 0 aromatic heterocycles. The van der Waals surface area contributed by atoms with E-state index < -0.39 is 0 Å². The molecule has 0 saturated heterocycles. The molecule has 1 aromatic carbocycles. The summed E-state index contributed by atoms with van der Waals surface area (Å²) >= 11 is 3.48. The largest absolute Gasteiger partial charge is 0.310 e. The topological polar surface area (TPSA) is 12.0 Å². The molecule has 0 spiro atoms. The van der Waals surface area contributed by atoms with E-state index in [0.717, 1.165) is 10.4 Å². The first kappa shape index (κ1) is 14.1. The lowest BCUT2D eigenvalue weighted by atomic mass is 9.99. The molecule has 0 aliphatic heterocycles. The van der Waals surface area contributed by atoms with Crippen LogP contribution in [0.5, 0.6) is 0 Å². The standard InChI is InChI=1S/C16H24BrN/c1-13(15-8-10-16(17)11-9-15)18-12-14-6-4-2-3-5-7-14/h8-11,13-14,18H,2-7,12H2,1H3. The number of hydrogen-bond donors (Lipinski definition) is 1. The van der Waals surface area contributed by atoms with Crippen molar-refractivity contribution in [1.82, 2.24) is 5.32 Å². The molecule has 1 fully saturated rings. The second kappa shape index (κ2) is 7.30.